The molecule has 0 unspecified atom stereocenters. The number of hydrogen-bond acceptors (Lipinski definition) is 7. The van der Waals surface area contributed by atoms with Gasteiger partial charge in [0.25, 0.3) is 5.91 Å². The van der Waals surface area contributed by atoms with Crippen molar-refractivity contribution in [2.45, 2.75) is 54.9 Å². The molecule has 3 rings (SSSR count). The van der Waals surface area contributed by atoms with E-state index in [1.165, 1.54) is 52.8 Å². The first kappa shape index (κ1) is 26.1. The summed E-state index contributed by atoms with van der Waals surface area (Å²) in [5.74, 6) is 0.00193. The maximum absolute atomic E-state index is 13.6. The number of carbonyl (C=O) groups excluding carboxylic acids is 1. The Morgan fingerprint density at radius 2 is 1.44 bits per heavy atom. The van der Waals surface area contributed by atoms with Gasteiger partial charge in [0, 0.05) is 12.8 Å². The van der Waals surface area contributed by atoms with E-state index in [9.17, 15) is 26.8 Å². The van der Waals surface area contributed by atoms with Crippen molar-refractivity contribution in [2.75, 3.05) is 12.8 Å². The molecule has 0 atom stereocenters. The molecule has 0 radical (unpaired) electrons. The van der Waals surface area contributed by atoms with E-state index in [0.29, 0.717) is 37.2 Å². The van der Waals surface area contributed by atoms with Gasteiger partial charge in [0.2, 0.25) is 10.0 Å². The fraction of sp³-hybridized carbons (Fsp3) is 0.435. The van der Waals surface area contributed by atoms with Crippen LogP contribution in [-0.4, -0.2) is 50.6 Å². The number of carbonyl (C=O) groups is 1. The van der Waals surface area contributed by atoms with E-state index in [1.54, 1.807) is 5.48 Å². The van der Waals surface area contributed by atoms with Gasteiger partial charge in [-0.1, -0.05) is 26.7 Å². The monoisotopic (exact) mass is 510 g/mol. The van der Waals surface area contributed by atoms with Crippen molar-refractivity contribution in [1.29, 1.82) is 0 Å². The average molecular weight is 511 g/mol. The van der Waals surface area contributed by atoms with Gasteiger partial charge in [0.15, 0.2) is 9.84 Å². The Morgan fingerprint density at radius 3 is 1.85 bits per heavy atom. The van der Waals surface area contributed by atoms with Gasteiger partial charge in [-0.25, -0.2) is 22.3 Å². The summed E-state index contributed by atoms with van der Waals surface area (Å²) in [6, 6.07) is 11.7. The molecule has 11 heteroatoms. The lowest BCUT2D eigenvalue weighted by atomic mass is 9.95. The molecule has 1 saturated carbocycles. The number of amides is 1. The van der Waals surface area contributed by atoms with Crippen molar-refractivity contribution in [1.82, 2.24) is 9.79 Å². The molecule has 1 fully saturated rings. The molecular weight excluding hydrogens is 480 g/mol. The van der Waals surface area contributed by atoms with E-state index in [0.717, 1.165) is 6.26 Å². The molecule has 0 spiro atoms. The molecule has 1 aliphatic rings. The van der Waals surface area contributed by atoms with Crippen LogP contribution in [-0.2, 0) is 24.7 Å². The Balaban J connectivity index is 1.89. The predicted molar refractivity (Wildman–Crippen MR) is 126 cm³/mol. The van der Waals surface area contributed by atoms with Crippen LogP contribution in [0.5, 0.6) is 11.5 Å². The molecule has 1 amide bonds. The van der Waals surface area contributed by atoms with Gasteiger partial charge in [0.05, 0.1) is 9.79 Å². The minimum atomic E-state index is -4.07. The maximum atomic E-state index is 13.6. The van der Waals surface area contributed by atoms with E-state index in [1.807, 2.05) is 13.8 Å². The summed E-state index contributed by atoms with van der Waals surface area (Å²) < 4.78 is 57.4. The number of ether oxygens (including phenoxy) is 1. The first-order valence-corrected chi connectivity index (χ1v) is 14.3. The fourth-order valence-electron chi connectivity index (χ4n) is 4.19. The molecule has 2 aromatic rings. The highest BCUT2D eigenvalue weighted by atomic mass is 32.2. The number of hydroxylamine groups is 1. The second kappa shape index (κ2) is 10.0. The molecule has 0 bridgehead atoms. The summed E-state index contributed by atoms with van der Waals surface area (Å²) in [7, 11) is -7.39. The molecule has 9 nitrogen and oxygen atoms in total. The lowest BCUT2D eigenvalue weighted by Crippen LogP contribution is -2.59. The molecule has 0 aromatic heterocycles. The summed E-state index contributed by atoms with van der Waals surface area (Å²) in [5, 5.41) is 9.35. The van der Waals surface area contributed by atoms with Gasteiger partial charge in [-0.3, -0.25) is 10.0 Å². The van der Waals surface area contributed by atoms with Crippen molar-refractivity contribution >= 4 is 25.8 Å². The highest BCUT2D eigenvalue weighted by molar-refractivity contribution is 7.90. The number of sulfonamides is 1. The zero-order chi connectivity index (χ0) is 25.1. The van der Waals surface area contributed by atoms with Gasteiger partial charge in [-0.05, 0) is 67.3 Å². The lowest BCUT2D eigenvalue weighted by molar-refractivity contribution is -0.139. The summed E-state index contributed by atoms with van der Waals surface area (Å²) in [6.45, 7) is 3.86. The van der Waals surface area contributed by atoms with Crippen molar-refractivity contribution < 1.29 is 31.6 Å². The van der Waals surface area contributed by atoms with Crippen molar-refractivity contribution in [3.05, 3.63) is 48.5 Å². The molecular formula is C23H30N2O7S2. The standard InChI is InChI=1S/C23H30N2O7S2/c1-17(2)16-25(23(22(26)24-27)14-4-5-15-23)34(30,31)21-12-8-19(9-13-21)32-18-6-10-20(11-7-18)33(3,28)29/h6-13,17,27H,4-5,14-16H2,1-3H3,(H,24,26). The van der Waals surface area contributed by atoms with E-state index >= 15 is 0 Å². The van der Waals surface area contributed by atoms with E-state index in [2.05, 4.69) is 0 Å². The summed E-state index contributed by atoms with van der Waals surface area (Å²) in [4.78, 5) is 12.8. The van der Waals surface area contributed by atoms with Crippen LogP contribution in [0.3, 0.4) is 0 Å². The van der Waals surface area contributed by atoms with Gasteiger partial charge < -0.3 is 4.74 Å². The number of nitrogens with one attached hydrogen (secondary N) is 1. The SMILES string of the molecule is CC(C)CN(C1(C(=O)NO)CCCC1)S(=O)(=O)c1ccc(Oc2ccc(S(C)(=O)=O)cc2)cc1. The zero-order valence-electron chi connectivity index (χ0n) is 19.4. The van der Waals surface area contributed by atoms with E-state index < -0.39 is 31.3 Å². The number of hydrogen-bond donors (Lipinski definition) is 2. The largest absolute Gasteiger partial charge is 0.457 e. The second-order valence-electron chi connectivity index (χ2n) is 8.93. The van der Waals surface area contributed by atoms with Gasteiger partial charge >= 0.3 is 0 Å². The smallest absolute Gasteiger partial charge is 0.264 e. The van der Waals surface area contributed by atoms with Crippen LogP contribution < -0.4 is 10.2 Å². The predicted octanol–water partition coefficient (Wildman–Crippen LogP) is 3.35. The van der Waals surface area contributed by atoms with Crippen molar-refractivity contribution in [3.8, 4) is 11.5 Å². The van der Waals surface area contributed by atoms with Crippen LogP contribution in [0.1, 0.15) is 39.5 Å². The van der Waals surface area contributed by atoms with Crippen LogP contribution in [0.15, 0.2) is 58.3 Å². The molecule has 0 aliphatic heterocycles. The highest BCUT2D eigenvalue weighted by Gasteiger charge is 2.51. The van der Waals surface area contributed by atoms with Crippen LogP contribution >= 0.6 is 0 Å². The topological polar surface area (TPSA) is 130 Å². The summed E-state index contributed by atoms with van der Waals surface area (Å²) in [6.07, 6.45) is 3.14. The number of benzene rings is 2. The molecule has 1 aliphatic carbocycles. The molecule has 0 saturated heterocycles. The number of rotatable bonds is 9. The first-order valence-electron chi connectivity index (χ1n) is 11.0. The Hall–Kier alpha value is -2.47. The number of sulfone groups is 1. The Kier molecular flexibility index (Phi) is 7.71. The van der Waals surface area contributed by atoms with Crippen molar-refractivity contribution in [3.63, 3.8) is 0 Å². The quantitative estimate of drug-likeness (QED) is 0.391. The molecule has 0 heterocycles. The molecule has 2 N–H and O–H groups in total. The Labute approximate surface area is 200 Å². The molecule has 186 valence electrons. The van der Waals surface area contributed by atoms with Gasteiger partial charge in [-0.15, -0.1) is 0 Å². The maximum Gasteiger partial charge on any atom is 0.264 e. The van der Waals surface area contributed by atoms with Gasteiger partial charge in [-0.2, -0.15) is 4.31 Å². The third kappa shape index (κ3) is 5.43. The fourth-order valence-corrected chi connectivity index (χ4v) is 6.77. The third-order valence-electron chi connectivity index (χ3n) is 5.86. The molecule has 2 aromatic carbocycles. The zero-order valence-corrected chi connectivity index (χ0v) is 21.0. The Bertz CT molecular complexity index is 1220. The van der Waals surface area contributed by atoms with Crippen LogP contribution in [0, 0.1) is 5.92 Å². The minimum Gasteiger partial charge on any atom is -0.457 e. The normalized spacial score (nSPS) is 16.1. The minimum absolute atomic E-state index is 0.00457. The van der Waals surface area contributed by atoms with Gasteiger partial charge in [0.1, 0.15) is 17.0 Å². The van der Waals surface area contributed by atoms with Crippen LogP contribution in [0.4, 0.5) is 0 Å². The lowest BCUT2D eigenvalue weighted by Gasteiger charge is -2.39. The van der Waals surface area contributed by atoms with Crippen molar-refractivity contribution in [2.24, 2.45) is 5.92 Å². The van der Waals surface area contributed by atoms with E-state index in [4.69, 9.17) is 4.74 Å². The van der Waals surface area contributed by atoms with Crippen LogP contribution in [0.2, 0.25) is 0 Å². The number of nitrogens with zero attached hydrogens (tertiary/aromatic N) is 1. The average Bonchev–Trinajstić information content (AvgIpc) is 3.27. The van der Waals surface area contributed by atoms with E-state index in [-0.39, 0.29) is 22.3 Å². The third-order valence-corrected chi connectivity index (χ3v) is 8.94. The highest BCUT2D eigenvalue weighted by Crippen LogP contribution is 2.40. The Morgan fingerprint density at radius 1 is 0.971 bits per heavy atom. The molecule has 34 heavy (non-hydrogen) atoms. The van der Waals surface area contributed by atoms with Crippen LogP contribution in [0.25, 0.3) is 0 Å². The summed E-state index contributed by atoms with van der Waals surface area (Å²) in [5.41, 5.74) is 0.333. The second-order valence-corrected chi connectivity index (χ2v) is 12.8. The summed E-state index contributed by atoms with van der Waals surface area (Å²) >= 11 is 0. The first-order chi connectivity index (χ1) is 15.9.